The van der Waals surface area contributed by atoms with Crippen molar-refractivity contribution in [3.8, 4) is 5.69 Å². The maximum absolute atomic E-state index is 12.2. The van der Waals surface area contributed by atoms with Crippen LogP contribution in [-0.2, 0) is 6.42 Å². The topological polar surface area (TPSA) is 60.7 Å². The lowest BCUT2D eigenvalue weighted by atomic mass is 10.1. The van der Waals surface area contributed by atoms with Crippen LogP contribution >= 0.6 is 0 Å². The van der Waals surface area contributed by atoms with E-state index in [4.69, 9.17) is 0 Å². The van der Waals surface area contributed by atoms with Crippen LogP contribution in [-0.4, -0.2) is 26.0 Å². The summed E-state index contributed by atoms with van der Waals surface area (Å²) in [5, 5.41) is 11.8. The van der Waals surface area contributed by atoms with E-state index in [9.17, 15) is 4.79 Å². The SMILES string of the molecule is Cc1cccc(-n2nnnc2CCC(=O)c2ccccc2)c1. The number of Topliss-reactive ketones (excluding diaryl/α,β-unsaturated/α-hetero) is 1. The van der Waals surface area contributed by atoms with Crippen LogP contribution < -0.4 is 0 Å². The van der Waals surface area contributed by atoms with Gasteiger partial charge < -0.3 is 0 Å². The second-order valence-electron chi connectivity index (χ2n) is 5.14. The highest BCUT2D eigenvalue weighted by atomic mass is 16.1. The first-order valence-electron chi connectivity index (χ1n) is 7.16. The van der Waals surface area contributed by atoms with Crippen molar-refractivity contribution in [2.24, 2.45) is 0 Å². The molecule has 0 N–H and O–H groups in total. The highest BCUT2D eigenvalue weighted by Gasteiger charge is 2.12. The minimum Gasteiger partial charge on any atom is -0.294 e. The van der Waals surface area contributed by atoms with Gasteiger partial charge in [0.2, 0.25) is 0 Å². The van der Waals surface area contributed by atoms with Gasteiger partial charge in [0.25, 0.3) is 0 Å². The molecule has 0 bridgehead atoms. The van der Waals surface area contributed by atoms with E-state index in [-0.39, 0.29) is 5.78 Å². The van der Waals surface area contributed by atoms with Gasteiger partial charge in [-0.1, -0.05) is 42.5 Å². The highest BCUT2D eigenvalue weighted by Crippen LogP contribution is 2.12. The number of nitrogens with zero attached hydrogens (tertiary/aromatic N) is 4. The van der Waals surface area contributed by atoms with E-state index in [0.29, 0.717) is 18.7 Å². The third-order valence-electron chi connectivity index (χ3n) is 3.45. The maximum Gasteiger partial charge on any atom is 0.163 e. The Balaban J connectivity index is 1.75. The van der Waals surface area contributed by atoms with E-state index < -0.39 is 0 Å². The van der Waals surface area contributed by atoms with Crippen LogP contribution in [0.25, 0.3) is 5.69 Å². The Kier molecular flexibility index (Phi) is 4.05. The zero-order chi connectivity index (χ0) is 15.4. The molecule has 1 heterocycles. The lowest BCUT2D eigenvalue weighted by Gasteiger charge is -2.05. The molecule has 0 aliphatic rings. The predicted octanol–water partition coefficient (Wildman–Crippen LogP) is 2.79. The summed E-state index contributed by atoms with van der Waals surface area (Å²) in [5.41, 5.74) is 2.77. The second-order valence-corrected chi connectivity index (χ2v) is 5.14. The van der Waals surface area contributed by atoms with Gasteiger partial charge in [-0.05, 0) is 35.0 Å². The first-order chi connectivity index (χ1) is 10.7. The summed E-state index contributed by atoms with van der Waals surface area (Å²) < 4.78 is 1.69. The fourth-order valence-electron chi connectivity index (χ4n) is 2.32. The van der Waals surface area contributed by atoms with Crippen LogP contribution in [0.1, 0.15) is 28.2 Å². The lowest BCUT2D eigenvalue weighted by Crippen LogP contribution is -2.07. The molecule has 0 saturated carbocycles. The van der Waals surface area contributed by atoms with Crippen LogP contribution in [0.2, 0.25) is 0 Å². The predicted molar refractivity (Wildman–Crippen MR) is 83.0 cm³/mol. The van der Waals surface area contributed by atoms with Crippen LogP contribution in [0.3, 0.4) is 0 Å². The normalized spacial score (nSPS) is 10.6. The Morgan fingerprint density at radius 1 is 1.09 bits per heavy atom. The van der Waals surface area contributed by atoms with Crippen LogP contribution in [0.4, 0.5) is 0 Å². The van der Waals surface area contributed by atoms with Crippen molar-refractivity contribution in [2.45, 2.75) is 19.8 Å². The molecule has 3 aromatic rings. The Bertz CT molecular complexity index is 780. The summed E-state index contributed by atoms with van der Waals surface area (Å²) in [4.78, 5) is 12.2. The number of hydrogen-bond donors (Lipinski definition) is 0. The number of benzene rings is 2. The Morgan fingerprint density at radius 3 is 2.68 bits per heavy atom. The molecule has 3 rings (SSSR count). The van der Waals surface area contributed by atoms with Crippen molar-refractivity contribution in [1.29, 1.82) is 0 Å². The molecule has 5 nitrogen and oxygen atoms in total. The van der Waals surface area contributed by atoms with Crippen molar-refractivity contribution < 1.29 is 4.79 Å². The zero-order valence-corrected chi connectivity index (χ0v) is 12.3. The number of hydrogen-bond acceptors (Lipinski definition) is 4. The van der Waals surface area contributed by atoms with Crippen LogP contribution in [0, 0.1) is 6.92 Å². The molecule has 22 heavy (non-hydrogen) atoms. The fraction of sp³-hybridized carbons (Fsp3) is 0.176. The number of carbonyl (C=O) groups is 1. The van der Waals surface area contributed by atoms with E-state index >= 15 is 0 Å². The first-order valence-corrected chi connectivity index (χ1v) is 7.16. The van der Waals surface area contributed by atoms with Gasteiger partial charge in [-0.15, -0.1) is 5.10 Å². The molecule has 0 spiro atoms. The number of tetrazole rings is 1. The molecular formula is C17H16N4O. The third-order valence-corrected chi connectivity index (χ3v) is 3.45. The molecule has 0 radical (unpaired) electrons. The molecule has 5 heteroatoms. The monoisotopic (exact) mass is 292 g/mol. The van der Waals surface area contributed by atoms with Gasteiger partial charge in [0.1, 0.15) is 0 Å². The van der Waals surface area contributed by atoms with Gasteiger partial charge in [-0.3, -0.25) is 4.79 Å². The van der Waals surface area contributed by atoms with Gasteiger partial charge in [0.15, 0.2) is 11.6 Å². The number of aryl methyl sites for hydroxylation is 2. The number of ketones is 1. The van der Waals surface area contributed by atoms with Gasteiger partial charge in [-0.2, -0.15) is 4.68 Å². The summed E-state index contributed by atoms with van der Waals surface area (Å²) in [6.45, 7) is 2.02. The molecular weight excluding hydrogens is 276 g/mol. The summed E-state index contributed by atoms with van der Waals surface area (Å²) in [7, 11) is 0. The summed E-state index contributed by atoms with van der Waals surface area (Å²) in [5.74, 6) is 0.786. The second kappa shape index (κ2) is 6.30. The summed E-state index contributed by atoms with van der Waals surface area (Å²) in [6, 6.07) is 17.2. The van der Waals surface area contributed by atoms with Gasteiger partial charge >= 0.3 is 0 Å². The lowest BCUT2D eigenvalue weighted by molar-refractivity contribution is 0.0982. The molecule has 0 aliphatic heterocycles. The summed E-state index contributed by atoms with van der Waals surface area (Å²) >= 11 is 0. The van der Waals surface area contributed by atoms with E-state index in [0.717, 1.165) is 16.8 Å². The average Bonchev–Trinajstić information content (AvgIpc) is 3.02. The van der Waals surface area contributed by atoms with E-state index in [1.54, 1.807) is 4.68 Å². The van der Waals surface area contributed by atoms with Crippen molar-refractivity contribution in [3.05, 3.63) is 71.5 Å². The molecule has 0 amide bonds. The maximum atomic E-state index is 12.2. The molecule has 2 aromatic carbocycles. The van der Waals surface area contributed by atoms with Crippen molar-refractivity contribution in [3.63, 3.8) is 0 Å². The van der Waals surface area contributed by atoms with Crippen LogP contribution in [0.5, 0.6) is 0 Å². The molecule has 1 aromatic heterocycles. The third kappa shape index (κ3) is 3.09. The fourth-order valence-corrected chi connectivity index (χ4v) is 2.32. The molecule has 0 aliphatic carbocycles. The Hall–Kier alpha value is -2.82. The van der Waals surface area contributed by atoms with E-state index in [1.807, 2.05) is 61.5 Å². The highest BCUT2D eigenvalue weighted by molar-refractivity contribution is 5.96. The average molecular weight is 292 g/mol. The quantitative estimate of drug-likeness (QED) is 0.678. The minimum absolute atomic E-state index is 0.0967. The molecule has 0 fully saturated rings. The van der Waals surface area contributed by atoms with E-state index in [2.05, 4.69) is 15.5 Å². The van der Waals surface area contributed by atoms with Crippen molar-refractivity contribution in [2.75, 3.05) is 0 Å². The Labute approximate surface area is 128 Å². The number of rotatable bonds is 5. The molecule has 0 atom stereocenters. The van der Waals surface area contributed by atoms with Crippen molar-refractivity contribution in [1.82, 2.24) is 20.2 Å². The first kappa shape index (κ1) is 14.1. The van der Waals surface area contributed by atoms with Gasteiger partial charge in [-0.25, -0.2) is 0 Å². The molecule has 0 unspecified atom stereocenters. The molecule has 110 valence electrons. The smallest absolute Gasteiger partial charge is 0.163 e. The molecule has 0 saturated heterocycles. The van der Waals surface area contributed by atoms with E-state index in [1.165, 1.54) is 0 Å². The standard InChI is InChI=1S/C17H16N4O/c1-13-6-5-9-15(12-13)21-17(18-19-20-21)11-10-16(22)14-7-3-2-4-8-14/h2-9,12H,10-11H2,1H3. The van der Waals surface area contributed by atoms with Gasteiger partial charge in [0.05, 0.1) is 5.69 Å². The minimum atomic E-state index is 0.0967. The van der Waals surface area contributed by atoms with Crippen molar-refractivity contribution >= 4 is 5.78 Å². The summed E-state index contributed by atoms with van der Waals surface area (Å²) in [6.07, 6.45) is 0.894. The van der Waals surface area contributed by atoms with Crippen LogP contribution in [0.15, 0.2) is 54.6 Å². The Morgan fingerprint density at radius 2 is 1.91 bits per heavy atom. The number of carbonyl (C=O) groups excluding carboxylic acids is 1. The van der Waals surface area contributed by atoms with Gasteiger partial charge in [0, 0.05) is 18.4 Å². The largest absolute Gasteiger partial charge is 0.294 e. The zero-order valence-electron chi connectivity index (χ0n) is 12.3. The number of aromatic nitrogens is 4.